The van der Waals surface area contributed by atoms with Crippen LogP contribution in [0, 0.1) is 17.6 Å². The highest BCUT2D eigenvalue weighted by Crippen LogP contribution is 2.28. The van der Waals surface area contributed by atoms with Crippen molar-refractivity contribution in [3.05, 3.63) is 71.8 Å². The van der Waals surface area contributed by atoms with Gasteiger partial charge in [0.2, 0.25) is 0 Å². The van der Waals surface area contributed by atoms with Gasteiger partial charge in [0.15, 0.2) is 5.78 Å². The summed E-state index contributed by atoms with van der Waals surface area (Å²) in [6.07, 6.45) is 1.98. The van der Waals surface area contributed by atoms with Gasteiger partial charge in [-0.2, -0.15) is 0 Å². The number of benzene rings is 2. The summed E-state index contributed by atoms with van der Waals surface area (Å²) in [6.45, 7) is 0.713. The molecule has 1 unspecified atom stereocenters. The second-order valence-corrected chi connectivity index (χ2v) is 8.60. The molecule has 9 heteroatoms. The number of rotatable bonds is 6. The number of hydroxylamine groups is 2. The predicted octanol–water partition coefficient (Wildman–Crippen LogP) is 2.55. The van der Waals surface area contributed by atoms with Crippen molar-refractivity contribution >= 4 is 17.3 Å². The Kier molecular flexibility index (Phi) is 7.35. The number of nitrogens with one attached hydrogen (secondary N) is 2. The van der Waals surface area contributed by atoms with Gasteiger partial charge in [0, 0.05) is 38.3 Å². The Bertz CT molecular complexity index is 1060. The number of halogens is 2. The fourth-order valence-electron chi connectivity index (χ4n) is 4.57. The van der Waals surface area contributed by atoms with Crippen molar-refractivity contribution in [2.75, 3.05) is 20.1 Å². The Morgan fingerprint density at radius 2 is 1.79 bits per heavy atom. The number of carbonyl (C=O) groups is 2. The average Bonchev–Trinajstić information content (AvgIpc) is 2.83. The Morgan fingerprint density at radius 1 is 1.09 bits per heavy atom. The fourth-order valence-corrected chi connectivity index (χ4v) is 4.57. The van der Waals surface area contributed by atoms with Gasteiger partial charge in [-0.25, -0.2) is 13.8 Å². The lowest BCUT2D eigenvalue weighted by atomic mass is 9.81. The minimum absolute atomic E-state index is 0.00999. The van der Waals surface area contributed by atoms with Gasteiger partial charge in [-0.3, -0.25) is 14.8 Å². The summed E-state index contributed by atoms with van der Waals surface area (Å²) in [7, 11) is 1.20. The first-order chi connectivity index (χ1) is 16.3. The van der Waals surface area contributed by atoms with Crippen LogP contribution >= 0.6 is 0 Å². The predicted molar refractivity (Wildman–Crippen MR) is 121 cm³/mol. The van der Waals surface area contributed by atoms with E-state index in [1.54, 1.807) is 0 Å². The summed E-state index contributed by atoms with van der Waals surface area (Å²) >= 11 is 0. The highest BCUT2D eigenvalue weighted by atomic mass is 19.1. The van der Waals surface area contributed by atoms with Crippen molar-refractivity contribution < 1.29 is 28.3 Å². The van der Waals surface area contributed by atoms with Crippen LogP contribution in [0.4, 0.5) is 8.78 Å². The van der Waals surface area contributed by atoms with Gasteiger partial charge in [-0.15, -0.1) is 0 Å². The first kappa shape index (κ1) is 24.0. The largest absolute Gasteiger partial charge is 0.489 e. The number of carbonyl (C=O) groups excluding carboxylic acids is 2. The van der Waals surface area contributed by atoms with Crippen LogP contribution in [0.15, 0.2) is 54.6 Å². The van der Waals surface area contributed by atoms with Crippen LogP contribution in [-0.2, 0) is 9.59 Å². The normalized spacial score (nSPS) is 24.8. The maximum Gasteiger partial charge on any atom is 0.250 e. The van der Waals surface area contributed by atoms with E-state index in [9.17, 15) is 23.6 Å². The fraction of sp³-hybridized carbons (Fsp3) is 0.360. The number of piperidine rings is 1. The molecule has 2 aliphatic rings. The summed E-state index contributed by atoms with van der Waals surface area (Å²) in [5, 5.41) is 16.5. The second kappa shape index (κ2) is 10.4. The van der Waals surface area contributed by atoms with Crippen LogP contribution in [0.5, 0.6) is 5.75 Å². The molecule has 0 spiro atoms. The molecule has 1 saturated heterocycles. The topological polar surface area (TPSA) is 90.9 Å². The van der Waals surface area contributed by atoms with E-state index < -0.39 is 41.6 Å². The Hall–Kier alpha value is -3.14. The second-order valence-electron chi connectivity index (χ2n) is 8.60. The molecule has 2 aromatic carbocycles. The van der Waals surface area contributed by atoms with Crippen molar-refractivity contribution in [1.82, 2.24) is 15.7 Å². The molecule has 0 radical (unpaired) electrons. The van der Waals surface area contributed by atoms with E-state index in [2.05, 4.69) is 10.6 Å². The zero-order valence-corrected chi connectivity index (χ0v) is 18.7. The third-order valence-corrected chi connectivity index (χ3v) is 6.19. The number of amides is 1. The van der Waals surface area contributed by atoms with Gasteiger partial charge in [0.1, 0.15) is 23.5 Å². The van der Waals surface area contributed by atoms with Gasteiger partial charge < -0.3 is 15.4 Å². The summed E-state index contributed by atoms with van der Waals surface area (Å²) in [4.78, 5) is 26.2. The van der Waals surface area contributed by atoms with Gasteiger partial charge >= 0.3 is 0 Å². The highest BCUT2D eigenvalue weighted by molar-refractivity contribution is 5.96. The molecule has 180 valence electrons. The van der Waals surface area contributed by atoms with Crippen molar-refractivity contribution in [3.63, 3.8) is 0 Å². The summed E-state index contributed by atoms with van der Waals surface area (Å²) < 4.78 is 32.8. The lowest BCUT2D eigenvalue weighted by molar-refractivity contribution is -0.168. The van der Waals surface area contributed by atoms with Gasteiger partial charge in [0.25, 0.3) is 5.91 Å². The average molecular weight is 472 g/mol. The molecule has 0 bridgehead atoms. The number of Topliss-reactive ketones (excluding diaryl/α,β-unsaturated/α-hetero) is 1. The molecule has 0 saturated carbocycles. The molecule has 0 aromatic heterocycles. The first-order valence-corrected chi connectivity index (χ1v) is 11.2. The van der Waals surface area contributed by atoms with Crippen molar-refractivity contribution in [1.29, 1.82) is 0 Å². The third kappa shape index (κ3) is 5.49. The summed E-state index contributed by atoms with van der Waals surface area (Å²) in [5.74, 6) is -3.30. The van der Waals surface area contributed by atoms with E-state index in [1.807, 2.05) is 36.4 Å². The van der Waals surface area contributed by atoms with Gasteiger partial charge in [-0.1, -0.05) is 36.4 Å². The molecule has 4 atom stereocenters. The Balaban J connectivity index is 1.49. The maximum atomic E-state index is 13.5. The molecule has 4 rings (SSSR count). The van der Waals surface area contributed by atoms with E-state index in [1.165, 1.54) is 7.05 Å². The molecule has 2 heterocycles. The van der Waals surface area contributed by atoms with Crippen LogP contribution in [0.2, 0.25) is 0 Å². The van der Waals surface area contributed by atoms with E-state index in [-0.39, 0.29) is 24.5 Å². The van der Waals surface area contributed by atoms with Crippen molar-refractivity contribution in [2.24, 2.45) is 5.92 Å². The van der Waals surface area contributed by atoms with E-state index in [4.69, 9.17) is 4.74 Å². The number of ether oxygens (including phenoxy) is 1. The molecule has 34 heavy (non-hydrogen) atoms. The molecule has 1 amide bonds. The van der Waals surface area contributed by atoms with Crippen LogP contribution in [0.25, 0.3) is 5.57 Å². The summed E-state index contributed by atoms with van der Waals surface area (Å²) in [6, 6.07) is 11.3. The molecule has 3 N–H and O–H groups in total. The number of ketones is 1. The number of nitrogens with zero attached hydrogens (tertiary/aromatic N) is 1. The maximum absolute atomic E-state index is 13.5. The highest BCUT2D eigenvalue weighted by Gasteiger charge is 2.43. The minimum Gasteiger partial charge on any atom is -0.489 e. The molecule has 1 fully saturated rings. The molecule has 2 aliphatic heterocycles. The zero-order chi connectivity index (χ0) is 24.2. The monoisotopic (exact) mass is 471 g/mol. The summed E-state index contributed by atoms with van der Waals surface area (Å²) in [5.41, 5.74) is 2.09. The number of hydrogen-bond acceptors (Lipinski definition) is 6. The van der Waals surface area contributed by atoms with Gasteiger partial charge in [-0.05, 0) is 24.0 Å². The molecular formula is C25H27F2N3O4. The van der Waals surface area contributed by atoms with Crippen molar-refractivity contribution in [2.45, 2.75) is 31.0 Å². The zero-order valence-electron chi connectivity index (χ0n) is 18.7. The standard InChI is InChI=1S/C25H27F2N3O4/c1-30(33)25(32)21-13-20(34-19-11-17(26)10-18(27)12-19)14-29-23(21)24(31)22-9-16(7-8-28-22)15-5-3-2-4-6-15/h2-7,10-12,20-23,28-29,33H,8-9,13-14H2,1H3/t20-,21-,22?,23-/m0/s1. The lowest BCUT2D eigenvalue weighted by Gasteiger charge is -2.38. The van der Waals surface area contributed by atoms with Crippen LogP contribution in [0.1, 0.15) is 18.4 Å². The molecule has 0 aliphatic carbocycles. The Morgan fingerprint density at radius 3 is 2.47 bits per heavy atom. The van der Waals surface area contributed by atoms with Crippen LogP contribution < -0.4 is 15.4 Å². The number of hydrogen-bond donors (Lipinski definition) is 3. The Labute approximate surface area is 196 Å². The first-order valence-electron chi connectivity index (χ1n) is 11.2. The smallest absolute Gasteiger partial charge is 0.250 e. The lowest BCUT2D eigenvalue weighted by Crippen LogP contribution is -2.60. The van der Waals surface area contributed by atoms with Crippen LogP contribution in [-0.4, -0.2) is 60.3 Å². The molecule has 7 nitrogen and oxygen atoms in total. The molecule has 2 aromatic rings. The van der Waals surface area contributed by atoms with E-state index in [0.29, 0.717) is 18.0 Å². The van der Waals surface area contributed by atoms with Crippen molar-refractivity contribution in [3.8, 4) is 5.75 Å². The minimum atomic E-state index is -0.910. The van der Waals surface area contributed by atoms with E-state index >= 15 is 0 Å². The quantitative estimate of drug-likeness (QED) is 0.443. The van der Waals surface area contributed by atoms with E-state index in [0.717, 1.165) is 29.3 Å². The third-order valence-electron chi connectivity index (χ3n) is 6.19. The SMILES string of the molecule is CN(O)C(=O)[C@H]1C[C@H](Oc2cc(F)cc(F)c2)CN[C@@H]1C(=O)C1CC(c2ccccc2)=CCN1. The van der Waals surface area contributed by atoms with Gasteiger partial charge in [0.05, 0.1) is 18.0 Å². The molecular weight excluding hydrogens is 444 g/mol. The van der Waals surface area contributed by atoms with Crippen LogP contribution in [0.3, 0.4) is 0 Å².